The van der Waals surface area contributed by atoms with E-state index < -0.39 is 0 Å². The Morgan fingerprint density at radius 2 is 1.62 bits per heavy atom. The van der Waals surface area contributed by atoms with Crippen LogP contribution >= 0.6 is 15.9 Å². The van der Waals surface area contributed by atoms with Crippen molar-refractivity contribution in [2.45, 2.75) is 39.7 Å². The number of aryl methyl sites for hydroxylation is 1. The van der Waals surface area contributed by atoms with Crippen molar-refractivity contribution in [1.82, 2.24) is 9.55 Å². The second kappa shape index (κ2) is 7.63. The Labute approximate surface area is 164 Å². The third-order valence-electron chi connectivity index (χ3n) is 4.49. The van der Waals surface area contributed by atoms with E-state index in [0.29, 0.717) is 0 Å². The van der Waals surface area contributed by atoms with E-state index in [1.165, 1.54) is 5.56 Å². The average molecular weight is 409 g/mol. The largest absolute Gasteiger partial charge is 0.331 e. The van der Waals surface area contributed by atoms with Crippen molar-refractivity contribution in [1.29, 1.82) is 0 Å². The molecule has 0 amide bonds. The van der Waals surface area contributed by atoms with Crippen LogP contribution in [0.4, 0.5) is 0 Å². The highest BCUT2D eigenvalue weighted by atomic mass is 79.9. The third-order valence-corrected chi connectivity index (χ3v) is 5.02. The van der Waals surface area contributed by atoms with Crippen molar-refractivity contribution in [2.75, 3.05) is 0 Å². The Morgan fingerprint density at radius 1 is 0.962 bits per heavy atom. The van der Waals surface area contributed by atoms with Gasteiger partial charge in [-0.1, -0.05) is 79.2 Å². The molecule has 0 saturated carbocycles. The molecule has 2 nitrogen and oxygen atoms in total. The molecule has 0 N–H and O–H groups in total. The van der Waals surface area contributed by atoms with Crippen LogP contribution in [0, 0.1) is 0 Å². The van der Waals surface area contributed by atoms with Crippen molar-refractivity contribution in [2.24, 2.45) is 0 Å². The lowest BCUT2D eigenvalue weighted by atomic mass is 9.86. The number of nitrogens with zero attached hydrogens (tertiary/aromatic N) is 2. The first-order valence-corrected chi connectivity index (χ1v) is 9.78. The summed E-state index contributed by atoms with van der Waals surface area (Å²) >= 11 is 3.47. The van der Waals surface area contributed by atoms with Gasteiger partial charge in [-0.2, -0.15) is 0 Å². The number of hydrogen-bond donors (Lipinski definition) is 0. The molecule has 0 spiro atoms. The van der Waals surface area contributed by atoms with Crippen molar-refractivity contribution < 1.29 is 0 Å². The second-order valence-electron chi connectivity index (χ2n) is 7.48. The maximum Gasteiger partial charge on any atom is 0.133 e. The minimum absolute atomic E-state index is 0.167. The Morgan fingerprint density at radius 3 is 2.19 bits per heavy atom. The number of aromatic nitrogens is 2. The summed E-state index contributed by atoms with van der Waals surface area (Å²) < 4.78 is 3.27. The number of halogens is 1. The Kier molecular flexibility index (Phi) is 5.47. The van der Waals surface area contributed by atoms with Crippen LogP contribution in [0.5, 0.6) is 0 Å². The molecule has 2 aromatic carbocycles. The summed E-state index contributed by atoms with van der Waals surface area (Å²) in [6, 6.07) is 17.0. The van der Waals surface area contributed by atoms with E-state index in [4.69, 9.17) is 4.98 Å². The van der Waals surface area contributed by atoms with Crippen molar-refractivity contribution in [3.05, 3.63) is 76.2 Å². The summed E-state index contributed by atoms with van der Waals surface area (Å²) in [6.45, 7) is 9.74. The zero-order valence-corrected chi connectivity index (χ0v) is 17.4. The van der Waals surface area contributed by atoms with Gasteiger partial charge in [-0.15, -0.1) is 0 Å². The fourth-order valence-corrected chi connectivity index (χ4v) is 3.11. The SMILES string of the molecule is CCn1cc(-c2ccc(C(C)(C)C)cc2)nc1C=Cc1ccc(Br)cc1. The zero-order valence-electron chi connectivity index (χ0n) is 15.8. The first kappa shape index (κ1) is 18.7. The highest BCUT2D eigenvalue weighted by Gasteiger charge is 2.14. The molecule has 0 saturated heterocycles. The lowest BCUT2D eigenvalue weighted by Crippen LogP contribution is -2.10. The van der Waals surface area contributed by atoms with Gasteiger partial charge in [0, 0.05) is 22.8 Å². The summed E-state index contributed by atoms with van der Waals surface area (Å²) in [4.78, 5) is 4.84. The number of imidazole rings is 1. The molecule has 0 fully saturated rings. The highest BCUT2D eigenvalue weighted by Crippen LogP contribution is 2.26. The predicted octanol–water partition coefficient (Wildman–Crippen LogP) is 6.80. The van der Waals surface area contributed by atoms with Crippen LogP contribution in [-0.4, -0.2) is 9.55 Å². The number of hydrogen-bond acceptors (Lipinski definition) is 1. The van der Waals surface area contributed by atoms with Gasteiger partial charge in [0.1, 0.15) is 5.82 Å². The molecule has 134 valence electrons. The molecular formula is C23H25BrN2. The van der Waals surface area contributed by atoms with Gasteiger partial charge in [0.05, 0.1) is 5.69 Å². The highest BCUT2D eigenvalue weighted by molar-refractivity contribution is 9.10. The molecule has 1 aromatic heterocycles. The molecule has 3 heteroatoms. The first-order valence-electron chi connectivity index (χ1n) is 8.98. The van der Waals surface area contributed by atoms with Crippen molar-refractivity contribution >= 4 is 28.1 Å². The van der Waals surface area contributed by atoms with E-state index in [9.17, 15) is 0 Å². The van der Waals surface area contributed by atoms with Gasteiger partial charge in [-0.25, -0.2) is 4.98 Å². The van der Waals surface area contributed by atoms with Gasteiger partial charge >= 0.3 is 0 Å². The molecule has 0 aliphatic rings. The predicted molar refractivity (Wildman–Crippen MR) is 115 cm³/mol. The van der Waals surface area contributed by atoms with E-state index in [2.05, 4.69) is 103 Å². The molecule has 1 heterocycles. The molecular weight excluding hydrogens is 384 g/mol. The van der Waals surface area contributed by atoms with Crippen molar-refractivity contribution in [3.8, 4) is 11.3 Å². The van der Waals surface area contributed by atoms with Crippen LogP contribution in [0.15, 0.2) is 59.2 Å². The quantitative estimate of drug-likeness (QED) is 0.463. The first-order chi connectivity index (χ1) is 12.4. The fourth-order valence-electron chi connectivity index (χ4n) is 2.84. The molecule has 0 aliphatic carbocycles. The minimum Gasteiger partial charge on any atom is -0.331 e. The Bertz CT molecular complexity index is 895. The second-order valence-corrected chi connectivity index (χ2v) is 8.40. The van der Waals surface area contributed by atoms with Gasteiger partial charge in [0.15, 0.2) is 0 Å². The standard InChI is InChI=1S/C23H25BrN2/c1-5-26-16-21(18-9-11-19(12-10-18)23(2,3)4)25-22(26)15-8-17-6-13-20(24)14-7-17/h6-16H,5H2,1-4H3. The Hall–Kier alpha value is -2.13. The lowest BCUT2D eigenvalue weighted by Gasteiger charge is -2.18. The average Bonchev–Trinajstić information content (AvgIpc) is 3.04. The molecule has 26 heavy (non-hydrogen) atoms. The lowest BCUT2D eigenvalue weighted by molar-refractivity contribution is 0.590. The van der Waals surface area contributed by atoms with Gasteiger partial charge < -0.3 is 4.57 Å². The molecule has 3 rings (SSSR count). The smallest absolute Gasteiger partial charge is 0.133 e. The zero-order chi connectivity index (χ0) is 18.7. The van der Waals surface area contributed by atoms with E-state index in [1.807, 2.05) is 12.1 Å². The number of rotatable bonds is 4. The van der Waals surface area contributed by atoms with E-state index >= 15 is 0 Å². The van der Waals surface area contributed by atoms with Crippen molar-refractivity contribution in [3.63, 3.8) is 0 Å². The molecule has 0 unspecified atom stereocenters. The van der Waals surface area contributed by atoms with Crippen LogP contribution in [0.3, 0.4) is 0 Å². The van der Waals surface area contributed by atoms with Gasteiger partial charge in [0.2, 0.25) is 0 Å². The topological polar surface area (TPSA) is 17.8 Å². The molecule has 0 aliphatic heterocycles. The van der Waals surface area contributed by atoms with Crippen LogP contribution < -0.4 is 0 Å². The summed E-state index contributed by atoms with van der Waals surface area (Å²) in [6.07, 6.45) is 6.32. The van der Waals surface area contributed by atoms with E-state index in [1.54, 1.807) is 0 Å². The monoisotopic (exact) mass is 408 g/mol. The van der Waals surface area contributed by atoms with Gasteiger partial charge in [0.25, 0.3) is 0 Å². The summed E-state index contributed by atoms with van der Waals surface area (Å²) in [7, 11) is 0. The van der Waals surface area contributed by atoms with E-state index in [0.717, 1.165) is 33.7 Å². The minimum atomic E-state index is 0.167. The molecule has 3 aromatic rings. The summed E-state index contributed by atoms with van der Waals surface area (Å²) in [5.74, 6) is 0.977. The molecule has 0 atom stereocenters. The van der Waals surface area contributed by atoms with Crippen LogP contribution in [0.25, 0.3) is 23.4 Å². The molecule has 0 bridgehead atoms. The summed E-state index contributed by atoms with van der Waals surface area (Å²) in [5, 5.41) is 0. The maximum absolute atomic E-state index is 4.84. The number of benzene rings is 2. The Balaban J connectivity index is 1.87. The fraction of sp³-hybridized carbons (Fsp3) is 0.261. The normalized spacial score (nSPS) is 12.0. The van der Waals surface area contributed by atoms with Crippen LogP contribution in [0.2, 0.25) is 0 Å². The third kappa shape index (κ3) is 4.34. The maximum atomic E-state index is 4.84. The van der Waals surface area contributed by atoms with E-state index in [-0.39, 0.29) is 5.41 Å². The van der Waals surface area contributed by atoms with Crippen LogP contribution in [0.1, 0.15) is 44.6 Å². The van der Waals surface area contributed by atoms with Crippen LogP contribution in [-0.2, 0) is 12.0 Å². The molecule has 0 radical (unpaired) electrons. The van der Waals surface area contributed by atoms with Gasteiger partial charge in [-0.05, 0) is 41.7 Å². The summed E-state index contributed by atoms with van der Waals surface area (Å²) in [5.41, 5.74) is 4.84. The van der Waals surface area contributed by atoms with Gasteiger partial charge in [-0.3, -0.25) is 0 Å².